The molecular formula is C15H13Cl2N3O4. The molecule has 0 aliphatic rings. The molecule has 0 unspecified atom stereocenters. The van der Waals surface area contributed by atoms with Gasteiger partial charge in [-0.1, -0.05) is 23.2 Å². The molecule has 24 heavy (non-hydrogen) atoms. The van der Waals surface area contributed by atoms with Crippen LogP contribution >= 0.6 is 23.2 Å². The minimum atomic E-state index is -0.876. The number of pyridine rings is 1. The van der Waals surface area contributed by atoms with Crippen molar-refractivity contribution in [3.63, 3.8) is 0 Å². The Morgan fingerprint density at radius 2 is 1.92 bits per heavy atom. The molecule has 2 aromatic rings. The molecule has 7 nitrogen and oxygen atoms in total. The van der Waals surface area contributed by atoms with E-state index in [1.54, 1.807) is 18.2 Å². The van der Waals surface area contributed by atoms with Gasteiger partial charge in [0.1, 0.15) is 6.61 Å². The lowest BCUT2D eigenvalue weighted by molar-refractivity contribution is -0.118. The van der Waals surface area contributed by atoms with Gasteiger partial charge in [-0.05, 0) is 23.8 Å². The van der Waals surface area contributed by atoms with E-state index in [0.29, 0.717) is 15.6 Å². The summed E-state index contributed by atoms with van der Waals surface area (Å²) in [6.45, 7) is -0.307. The molecule has 9 heteroatoms. The first-order valence-corrected chi connectivity index (χ1v) is 7.46. The van der Waals surface area contributed by atoms with Crippen LogP contribution < -0.4 is 15.8 Å². The lowest BCUT2D eigenvalue weighted by Crippen LogP contribution is -2.35. The van der Waals surface area contributed by atoms with Gasteiger partial charge in [-0.2, -0.15) is 0 Å². The number of nitrogens with zero attached hydrogens (tertiary/aromatic N) is 1. The second kappa shape index (κ2) is 7.96. The lowest BCUT2D eigenvalue weighted by atomic mass is 10.2. The molecule has 0 bridgehead atoms. The van der Waals surface area contributed by atoms with Crippen LogP contribution in [0.1, 0.15) is 16.1 Å². The zero-order valence-electron chi connectivity index (χ0n) is 12.3. The van der Waals surface area contributed by atoms with Gasteiger partial charge < -0.3 is 15.6 Å². The Hall–Kier alpha value is -2.35. The summed E-state index contributed by atoms with van der Waals surface area (Å²) in [6, 6.07) is 6.26. The van der Waals surface area contributed by atoms with Gasteiger partial charge in [0.05, 0.1) is 6.54 Å². The highest BCUT2D eigenvalue weighted by Crippen LogP contribution is 2.29. The molecule has 0 aliphatic carbocycles. The van der Waals surface area contributed by atoms with Crippen molar-refractivity contribution in [2.24, 2.45) is 5.73 Å². The number of imide groups is 1. The Balaban J connectivity index is 2.15. The third-order valence-electron chi connectivity index (χ3n) is 2.86. The molecule has 0 aliphatic heterocycles. The molecule has 0 saturated carbocycles. The molecule has 2 amide bonds. The smallest absolute Gasteiger partial charge is 0.280 e. The summed E-state index contributed by atoms with van der Waals surface area (Å²) < 4.78 is 5.46. The van der Waals surface area contributed by atoms with Crippen molar-refractivity contribution in [3.05, 3.63) is 51.8 Å². The highest BCUT2D eigenvalue weighted by molar-refractivity contribution is 6.34. The van der Waals surface area contributed by atoms with Crippen molar-refractivity contribution in [2.45, 2.75) is 6.61 Å². The van der Waals surface area contributed by atoms with Gasteiger partial charge in [-0.3, -0.25) is 14.9 Å². The second-order valence-electron chi connectivity index (χ2n) is 4.65. The van der Waals surface area contributed by atoms with Gasteiger partial charge in [0.2, 0.25) is 5.91 Å². The monoisotopic (exact) mass is 369 g/mol. The largest absolute Gasteiger partial charge is 0.503 e. The van der Waals surface area contributed by atoms with Gasteiger partial charge in [0.15, 0.2) is 17.2 Å². The van der Waals surface area contributed by atoms with E-state index in [0.717, 1.165) is 0 Å². The first-order chi connectivity index (χ1) is 11.4. The van der Waals surface area contributed by atoms with Crippen LogP contribution in [0.4, 0.5) is 0 Å². The van der Waals surface area contributed by atoms with Crippen molar-refractivity contribution < 1.29 is 19.4 Å². The quantitative estimate of drug-likeness (QED) is 0.741. The number of nitrogens with one attached hydrogen (secondary N) is 1. The highest BCUT2D eigenvalue weighted by atomic mass is 35.5. The molecule has 0 atom stereocenters. The molecule has 1 aromatic heterocycles. The van der Waals surface area contributed by atoms with E-state index in [9.17, 15) is 14.7 Å². The van der Waals surface area contributed by atoms with Crippen LogP contribution in [-0.4, -0.2) is 28.4 Å². The van der Waals surface area contributed by atoms with E-state index in [1.807, 2.05) is 5.32 Å². The molecular weight excluding hydrogens is 357 g/mol. The molecule has 0 spiro atoms. The Morgan fingerprint density at radius 3 is 2.54 bits per heavy atom. The molecule has 2 rings (SSSR count). The summed E-state index contributed by atoms with van der Waals surface area (Å²) in [5.41, 5.74) is 5.43. The summed E-state index contributed by atoms with van der Waals surface area (Å²) in [7, 11) is 0. The second-order valence-corrected chi connectivity index (χ2v) is 5.53. The van der Waals surface area contributed by atoms with Crippen molar-refractivity contribution >= 4 is 35.0 Å². The summed E-state index contributed by atoms with van der Waals surface area (Å²) >= 11 is 11.8. The standard InChI is InChI=1S/C15H13Cl2N3O4/c16-9-3-8(4-10(17)5-9)7-24-11-1-2-19-13(14(11)22)15(23)20-12(21)6-18/h1-5,22H,6-7,18H2,(H,20,21,23). The maximum Gasteiger partial charge on any atom is 0.280 e. The number of carbonyl (C=O) groups excluding carboxylic acids is 2. The fourth-order valence-corrected chi connectivity index (χ4v) is 2.38. The van der Waals surface area contributed by atoms with E-state index in [1.165, 1.54) is 12.3 Å². The van der Waals surface area contributed by atoms with E-state index in [4.69, 9.17) is 33.7 Å². The summed E-state index contributed by atoms with van der Waals surface area (Å²) in [6.07, 6.45) is 1.27. The van der Waals surface area contributed by atoms with Crippen LogP contribution in [-0.2, 0) is 11.4 Å². The SMILES string of the molecule is NCC(=O)NC(=O)c1nccc(OCc2cc(Cl)cc(Cl)c2)c1O. The summed E-state index contributed by atoms with van der Waals surface area (Å²) in [5, 5.41) is 13.0. The Morgan fingerprint density at radius 1 is 1.25 bits per heavy atom. The maximum atomic E-state index is 11.9. The van der Waals surface area contributed by atoms with E-state index in [2.05, 4.69) is 4.98 Å². The van der Waals surface area contributed by atoms with E-state index >= 15 is 0 Å². The average Bonchev–Trinajstić information content (AvgIpc) is 2.52. The van der Waals surface area contributed by atoms with Crippen molar-refractivity contribution in [2.75, 3.05) is 6.54 Å². The molecule has 0 radical (unpaired) electrons. The number of aromatic nitrogens is 1. The van der Waals surface area contributed by atoms with Crippen LogP contribution in [0.25, 0.3) is 0 Å². The Labute approximate surface area is 147 Å². The number of ether oxygens (including phenoxy) is 1. The number of benzene rings is 1. The number of hydrogen-bond donors (Lipinski definition) is 3. The van der Waals surface area contributed by atoms with Gasteiger partial charge in [0.25, 0.3) is 5.91 Å². The Bertz CT molecular complexity index is 763. The van der Waals surface area contributed by atoms with Gasteiger partial charge >= 0.3 is 0 Å². The predicted octanol–water partition coefficient (Wildman–Crippen LogP) is 1.89. The first kappa shape index (κ1) is 18.0. The van der Waals surface area contributed by atoms with Gasteiger partial charge in [-0.15, -0.1) is 0 Å². The molecule has 1 heterocycles. The lowest BCUT2D eigenvalue weighted by Gasteiger charge is -2.11. The van der Waals surface area contributed by atoms with Crippen LogP contribution in [0.15, 0.2) is 30.5 Å². The van der Waals surface area contributed by atoms with E-state index < -0.39 is 17.6 Å². The molecule has 126 valence electrons. The van der Waals surface area contributed by atoms with Crippen LogP contribution in [0.5, 0.6) is 11.5 Å². The van der Waals surface area contributed by atoms with Crippen LogP contribution in [0, 0.1) is 0 Å². The van der Waals surface area contributed by atoms with Crippen molar-refractivity contribution in [1.29, 1.82) is 0 Å². The molecule has 4 N–H and O–H groups in total. The number of aromatic hydroxyl groups is 1. The Kier molecular flexibility index (Phi) is 5.97. The van der Waals surface area contributed by atoms with Crippen LogP contribution in [0.3, 0.4) is 0 Å². The summed E-state index contributed by atoms with van der Waals surface area (Å²) in [5.74, 6) is -2.04. The minimum Gasteiger partial charge on any atom is -0.503 e. The maximum absolute atomic E-state index is 11.9. The van der Waals surface area contributed by atoms with Crippen molar-refractivity contribution in [1.82, 2.24) is 10.3 Å². The number of nitrogens with two attached hydrogens (primary N) is 1. The van der Waals surface area contributed by atoms with Gasteiger partial charge in [0, 0.05) is 22.3 Å². The van der Waals surface area contributed by atoms with Gasteiger partial charge in [-0.25, -0.2) is 4.98 Å². The third-order valence-corrected chi connectivity index (χ3v) is 3.29. The zero-order valence-corrected chi connectivity index (χ0v) is 13.8. The molecule has 0 saturated heterocycles. The minimum absolute atomic E-state index is 0.0199. The average molecular weight is 370 g/mol. The number of halogens is 2. The normalized spacial score (nSPS) is 10.3. The number of rotatable bonds is 5. The predicted molar refractivity (Wildman–Crippen MR) is 88.2 cm³/mol. The zero-order chi connectivity index (χ0) is 17.7. The molecule has 0 fully saturated rings. The first-order valence-electron chi connectivity index (χ1n) is 6.70. The summed E-state index contributed by atoms with van der Waals surface area (Å²) in [4.78, 5) is 26.7. The van der Waals surface area contributed by atoms with E-state index in [-0.39, 0.29) is 24.6 Å². The van der Waals surface area contributed by atoms with Crippen LogP contribution in [0.2, 0.25) is 10.0 Å². The number of hydrogen-bond acceptors (Lipinski definition) is 6. The fourth-order valence-electron chi connectivity index (χ4n) is 1.81. The molecule has 1 aromatic carbocycles. The topological polar surface area (TPSA) is 115 Å². The number of carbonyl (C=O) groups is 2. The number of amides is 2. The fraction of sp³-hybridized carbons (Fsp3) is 0.133. The van der Waals surface area contributed by atoms with Crippen molar-refractivity contribution in [3.8, 4) is 11.5 Å². The third kappa shape index (κ3) is 4.58. The highest BCUT2D eigenvalue weighted by Gasteiger charge is 2.18.